The zero-order valence-electron chi connectivity index (χ0n) is 36.7. The number of hydrogen-bond acceptors (Lipinski definition) is 9. The van der Waals surface area contributed by atoms with Crippen molar-refractivity contribution in [2.75, 3.05) is 75.9 Å². The zero-order valence-corrected chi connectivity index (χ0v) is 38.3. The number of nitrogens with zero attached hydrogens (tertiary/aromatic N) is 2. The molecule has 324 valence electrons. The minimum atomic E-state index is -2.92. The Morgan fingerprint density at radius 3 is 2.07 bits per heavy atom. The van der Waals surface area contributed by atoms with E-state index in [0.29, 0.717) is 67.2 Å². The largest absolute Gasteiger partial charge is 0.465 e. The van der Waals surface area contributed by atoms with Gasteiger partial charge < -0.3 is 19.9 Å². The minimum absolute atomic E-state index is 0.00279. The van der Waals surface area contributed by atoms with Crippen LogP contribution in [0, 0.1) is 57.2 Å². The maximum absolute atomic E-state index is 12.3. The molecule has 1 N–H and O–H groups in total. The Labute approximate surface area is 350 Å². The molecule has 0 bridgehead atoms. The number of carbonyl (C=O) groups excluding carboxylic acids is 1. The van der Waals surface area contributed by atoms with E-state index in [0.717, 1.165) is 26.1 Å². The highest BCUT2D eigenvalue weighted by atomic mass is 32.2. The van der Waals surface area contributed by atoms with E-state index in [9.17, 15) is 21.6 Å². The van der Waals surface area contributed by atoms with E-state index < -0.39 is 19.7 Å². The van der Waals surface area contributed by atoms with Gasteiger partial charge in [-0.2, -0.15) is 0 Å². The van der Waals surface area contributed by atoms with Crippen molar-refractivity contribution in [3.8, 4) is 0 Å². The van der Waals surface area contributed by atoms with Crippen LogP contribution in [0.3, 0.4) is 0 Å². The summed E-state index contributed by atoms with van der Waals surface area (Å²) >= 11 is 0. The third-order valence-corrected chi connectivity index (χ3v) is 22.0. The average molecular weight is 840 g/mol. The van der Waals surface area contributed by atoms with Gasteiger partial charge in [-0.3, -0.25) is 0 Å². The van der Waals surface area contributed by atoms with Gasteiger partial charge in [-0.15, -0.1) is 0 Å². The van der Waals surface area contributed by atoms with Crippen molar-refractivity contribution in [3.05, 3.63) is 41.5 Å². The summed E-state index contributed by atoms with van der Waals surface area (Å²) in [7, 11) is -4.39. The lowest BCUT2D eigenvalue weighted by Gasteiger charge is -2.72. The van der Waals surface area contributed by atoms with E-state index in [1.54, 1.807) is 0 Å². The zero-order chi connectivity index (χ0) is 41.5. The van der Waals surface area contributed by atoms with Crippen molar-refractivity contribution in [1.29, 1.82) is 0 Å². The molecule has 10 atom stereocenters. The number of fused-ring (bicyclic) bond motifs is 7. The lowest BCUT2D eigenvalue weighted by molar-refractivity contribution is -0.221. The molecule has 0 spiro atoms. The van der Waals surface area contributed by atoms with Crippen LogP contribution in [0.25, 0.3) is 5.57 Å². The number of methoxy groups -OCH3 is 1. The van der Waals surface area contributed by atoms with Crippen LogP contribution in [-0.4, -0.2) is 114 Å². The monoisotopic (exact) mass is 839 g/mol. The lowest BCUT2D eigenvalue weighted by Crippen LogP contribution is -2.68. The van der Waals surface area contributed by atoms with Gasteiger partial charge in [0, 0.05) is 51.4 Å². The smallest absolute Gasteiger partial charge is 0.337 e. The summed E-state index contributed by atoms with van der Waals surface area (Å²) in [6.45, 7) is 20.9. The molecule has 0 aromatic heterocycles. The Morgan fingerprint density at radius 1 is 0.793 bits per heavy atom. The quantitative estimate of drug-likeness (QED) is 0.263. The first-order valence-electron chi connectivity index (χ1n) is 22.8. The number of ether oxygens (including phenoxy) is 1. The van der Waals surface area contributed by atoms with E-state index >= 15 is 0 Å². The fourth-order valence-electron chi connectivity index (χ4n) is 15.5. The van der Waals surface area contributed by atoms with Crippen LogP contribution >= 0.6 is 0 Å². The Bertz CT molecular complexity index is 1960. The Hall–Kier alpha value is -1.79. The van der Waals surface area contributed by atoms with Gasteiger partial charge in [0.15, 0.2) is 19.7 Å². The molecule has 4 saturated carbocycles. The molecule has 2 saturated heterocycles. The maximum Gasteiger partial charge on any atom is 0.337 e. The third kappa shape index (κ3) is 7.18. The molecule has 9 nitrogen and oxygen atoms in total. The first kappa shape index (κ1) is 42.9. The SMILES string of the molecule is COC(=O)c1ccc(C2=CCC3(C)C(CCC4(C)C3CCC3C5C(C(C)CN6CCS(=O)(=O)CC6)CCC5(NCCN5CCS(=O)(=O)CC5)CCC34C)C2(C)C)cc1. The molecule has 1 aromatic carbocycles. The van der Waals surface area contributed by atoms with Gasteiger partial charge in [-0.1, -0.05) is 59.8 Å². The van der Waals surface area contributed by atoms with Crippen LogP contribution in [0.5, 0.6) is 0 Å². The standard InChI is InChI=1S/C47H73N3O6S2/c1-33(32-50-26-30-58(54,55)31-27-50)36-14-19-47(48-22-23-49-24-28-57(52,53)29-25-49)21-20-45(5)38(41(36)47)12-13-40-44(4)17-15-37(34-8-10-35(11-9-34)42(51)56-7)43(2,3)39(44)16-18-46(40,45)6/h8-11,15,33,36,38-41,48H,12-14,16-32H2,1-7H3. The molecule has 6 fully saturated rings. The van der Waals surface area contributed by atoms with Gasteiger partial charge in [0.2, 0.25) is 0 Å². The van der Waals surface area contributed by atoms with E-state index in [1.807, 2.05) is 12.1 Å². The van der Waals surface area contributed by atoms with Crippen molar-refractivity contribution in [1.82, 2.24) is 15.1 Å². The molecule has 2 heterocycles. The van der Waals surface area contributed by atoms with Gasteiger partial charge in [0.05, 0.1) is 35.7 Å². The van der Waals surface area contributed by atoms with Crippen molar-refractivity contribution in [3.63, 3.8) is 0 Å². The predicted molar refractivity (Wildman–Crippen MR) is 233 cm³/mol. The molecule has 0 amide bonds. The average Bonchev–Trinajstić information content (AvgIpc) is 3.56. The van der Waals surface area contributed by atoms with Gasteiger partial charge in [0.25, 0.3) is 0 Å². The second kappa shape index (κ2) is 15.2. The number of nitrogens with one attached hydrogen (secondary N) is 1. The molecule has 1 aromatic rings. The number of allylic oxidation sites excluding steroid dienone is 2. The molecule has 0 radical (unpaired) electrons. The summed E-state index contributed by atoms with van der Waals surface area (Å²) < 4.78 is 54.0. The Kier molecular flexibility index (Phi) is 11.3. The Balaban J connectivity index is 1.06. The van der Waals surface area contributed by atoms with Crippen molar-refractivity contribution < 1.29 is 26.4 Å². The highest BCUT2D eigenvalue weighted by Gasteiger charge is 2.70. The molecule has 7 aliphatic rings. The topological polar surface area (TPSA) is 113 Å². The summed E-state index contributed by atoms with van der Waals surface area (Å²) in [5, 5.41) is 4.28. The summed E-state index contributed by atoms with van der Waals surface area (Å²) in [6, 6.07) is 8.07. The van der Waals surface area contributed by atoms with Gasteiger partial charge in [-0.25, -0.2) is 21.6 Å². The molecule has 11 heteroatoms. The first-order valence-corrected chi connectivity index (χ1v) is 26.4. The first-order chi connectivity index (χ1) is 27.3. The number of rotatable bonds is 9. The molecule has 10 unspecified atom stereocenters. The van der Waals surface area contributed by atoms with Gasteiger partial charge >= 0.3 is 5.97 Å². The lowest BCUT2D eigenvalue weighted by atomic mass is 9.33. The summed E-state index contributed by atoms with van der Waals surface area (Å²) in [4.78, 5) is 17.0. The van der Waals surface area contributed by atoms with Crippen LogP contribution in [0.1, 0.15) is 115 Å². The van der Waals surface area contributed by atoms with Crippen molar-refractivity contribution in [2.45, 2.75) is 105 Å². The number of hydrogen-bond donors (Lipinski definition) is 1. The summed E-state index contributed by atoms with van der Waals surface area (Å²) in [6.07, 6.45) is 13.6. The van der Waals surface area contributed by atoms with Crippen molar-refractivity contribution in [2.24, 2.45) is 57.2 Å². The fourth-order valence-corrected chi connectivity index (χ4v) is 18.1. The molecule has 8 rings (SSSR count). The Morgan fingerprint density at radius 2 is 1.43 bits per heavy atom. The highest BCUT2D eigenvalue weighted by Crippen LogP contribution is 2.76. The van der Waals surface area contributed by atoms with E-state index in [-0.39, 0.29) is 56.2 Å². The van der Waals surface area contributed by atoms with Gasteiger partial charge in [0.1, 0.15) is 0 Å². The van der Waals surface area contributed by atoms with Crippen LogP contribution < -0.4 is 5.32 Å². The van der Waals surface area contributed by atoms with Crippen LogP contribution in [-0.2, 0) is 24.4 Å². The predicted octanol–water partition coefficient (Wildman–Crippen LogP) is 6.99. The number of carbonyl (C=O) groups is 1. The molecular formula is C47H73N3O6S2. The van der Waals surface area contributed by atoms with Crippen LogP contribution in [0.2, 0.25) is 0 Å². The minimum Gasteiger partial charge on any atom is -0.465 e. The van der Waals surface area contributed by atoms with Crippen LogP contribution in [0.4, 0.5) is 0 Å². The normalized spacial score (nSPS) is 41.2. The fraction of sp³-hybridized carbons (Fsp3) is 0.809. The molecule has 58 heavy (non-hydrogen) atoms. The summed E-state index contributed by atoms with van der Waals surface area (Å²) in [5.74, 6) is 4.32. The number of benzene rings is 1. The number of esters is 1. The van der Waals surface area contributed by atoms with Gasteiger partial charge in [-0.05, 0) is 138 Å². The summed E-state index contributed by atoms with van der Waals surface area (Å²) in [5.41, 5.74) is 3.98. The number of sulfone groups is 2. The molecular weight excluding hydrogens is 767 g/mol. The van der Waals surface area contributed by atoms with Crippen LogP contribution in [0.15, 0.2) is 30.3 Å². The third-order valence-electron chi connectivity index (χ3n) is 18.7. The van der Waals surface area contributed by atoms with E-state index in [2.05, 4.69) is 74.9 Å². The second-order valence-corrected chi connectivity index (χ2v) is 26.1. The van der Waals surface area contributed by atoms with E-state index in [4.69, 9.17) is 4.74 Å². The molecule has 5 aliphatic carbocycles. The van der Waals surface area contributed by atoms with E-state index in [1.165, 1.54) is 69.6 Å². The molecule has 2 aliphatic heterocycles. The maximum atomic E-state index is 12.3. The second-order valence-electron chi connectivity index (χ2n) is 21.5. The van der Waals surface area contributed by atoms with Crippen molar-refractivity contribution >= 4 is 31.2 Å². The highest BCUT2D eigenvalue weighted by molar-refractivity contribution is 7.91.